The molecule has 552 valence electrons. The number of thiazole rings is 4. The van der Waals surface area contributed by atoms with E-state index in [-0.39, 0.29) is 36.7 Å². The van der Waals surface area contributed by atoms with Crippen LogP contribution in [-0.4, -0.2) is 87.6 Å². The number of ether oxygens (including phenoxy) is 6. The molecule has 2 fully saturated rings. The van der Waals surface area contributed by atoms with Gasteiger partial charge in [0, 0.05) is 59.0 Å². The number of carbonyl (C=O) groups is 4. The fourth-order valence-electron chi connectivity index (χ4n) is 12.1. The second-order valence-corrected chi connectivity index (χ2v) is 36.2. The Kier molecular flexibility index (Phi) is 28.2. The molecule has 0 amide bonds. The number of hydrogen-bond acceptors (Lipinski definition) is 19. The predicted octanol–water partition coefficient (Wildman–Crippen LogP) is 24.9. The number of hydrogen-bond donors (Lipinski definition) is 1. The largest absolute Gasteiger partial charge is 0.465 e. The van der Waals surface area contributed by atoms with Gasteiger partial charge >= 0.3 is 23.9 Å². The average molecular weight is 1910 g/mol. The van der Waals surface area contributed by atoms with Gasteiger partial charge in [-0.15, -0.1) is 45.3 Å². The van der Waals surface area contributed by atoms with Crippen LogP contribution in [0.5, 0.6) is 0 Å². The Bertz CT molecular complexity index is 4910. The molecule has 12 aromatic rings. The van der Waals surface area contributed by atoms with Crippen molar-refractivity contribution < 1.29 is 52.7 Å². The molecule has 4 heterocycles. The van der Waals surface area contributed by atoms with Crippen LogP contribution in [0.15, 0.2) is 137 Å². The molecule has 0 bridgehead atoms. The zero-order valence-electron chi connectivity index (χ0n) is 58.0. The summed E-state index contributed by atoms with van der Waals surface area (Å²) in [5.41, 5.74) is 17.7. The Morgan fingerprint density at radius 1 is 0.406 bits per heavy atom. The first kappa shape index (κ1) is 81.6. The summed E-state index contributed by atoms with van der Waals surface area (Å²) >= 11 is 47.8. The molecule has 2 unspecified atom stereocenters. The van der Waals surface area contributed by atoms with Gasteiger partial charge in [-0.05, 0) is 268 Å². The molecule has 0 spiro atoms. The summed E-state index contributed by atoms with van der Waals surface area (Å²) < 4.78 is 40.3. The van der Waals surface area contributed by atoms with Crippen molar-refractivity contribution in [1.29, 1.82) is 0 Å². The van der Waals surface area contributed by atoms with Crippen LogP contribution in [0.1, 0.15) is 121 Å². The van der Waals surface area contributed by atoms with E-state index in [0.717, 1.165) is 166 Å². The second-order valence-electron chi connectivity index (χ2n) is 24.4. The summed E-state index contributed by atoms with van der Waals surface area (Å²) in [6.45, 7) is 16.1. The van der Waals surface area contributed by atoms with Gasteiger partial charge in [0.05, 0.1) is 79.5 Å². The van der Waals surface area contributed by atoms with Crippen molar-refractivity contribution in [1.82, 2.24) is 19.9 Å². The number of aliphatic hydroxyl groups is 1. The van der Waals surface area contributed by atoms with Gasteiger partial charge in [0.2, 0.25) is 0 Å². The molecule has 2 saturated carbocycles. The smallest absolute Gasteiger partial charge is 0.339 e. The van der Waals surface area contributed by atoms with Crippen LogP contribution in [0.25, 0.3) is 85.4 Å². The number of aromatic nitrogens is 4. The summed E-state index contributed by atoms with van der Waals surface area (Å²) in [7, 11) is 0. The van der Waals surface area contributed by atoms with Crippen LogP contribution in [0.4, 0.5) is 0 Å². The number of halogens is 9. The van der Waals surface area contributed by atoms with Crippen molar-refractivity contribution in [3.05, 3.63) is 202 Å². The fourth-order valence-corrected chi connectivity index (χ4v) is 19.4. The number of alkyl halides is 1. The SMILES string of the molecule is CCOC(=O)C(OC1CC1)c1c(C)cc2nc(Br)sc2c1-c1ccc(Cl)cc1.CCOC(=O)C(OC1CC1)c1c(C)cc2nc(Br)sc2c1-c1ccc(Cl)cc1.CCOC(=O)[C@@H](O)c1c(C)cc2nc(Br)sc2c1-c1ccc(Cl)cc1.CCOC(=O)[C@H](Br)c1c(C)cc2nc(Br)sc2c1-c1ccc(Cl)cc1. The summed E-state index contributed by atoms with van der Waals surface area (Å²) in [4.78, 5) is 67.8. The molecule has 0 saturated heterocycles. The van der Waals surface area contributed by atoms with E-state index in [1.807, 2.05) is 151 Å². The van der Waals surface area contributed by atoms with Crippen molar-refractivity contribution in [2.24, 2.45) is 0 Å². The third kappa shape index (κ3) is 19.3. The molecule has 15 nitrogen and oxygen atoms in total. The summed E-state index contributed by atoms with van der Waals surface area (Å²) in [5.74, 6) is -1.67. The van der Waals surface area contributed by atoms with Crippen molar-refractivity contribution in [3.63, 3.8) is 0 Å². The van der Waals surface area contributed by atoms with Crippen LogP contribution in [-0.2, 0) is 47.6 Å². The first-order valence-electron chi connectivity index (χ1n) is 33.5. The Labute approximate surface area is 690 Å². The molecule has 4 aromatic heterocycles. The molecule has 4 atom stereocenters. The van der Waals surface area contributed by atoms with E-state index in [9.17, 15) is 24.3 Å². The Morgan fingerprint density at radius 2 is 0.651 bits per heavy atom. The minimum absolute atomic E-state index is 0.107. The zero-order valence-corrected chi connectivity index (χ0v) is 72.2. The van der Waals surface area contributed by atoms with E-state index in [0.29, 0.717) is 45.5 Å². The highest BCUT2D eigenvalue weighted by atomic mass is 79.9. The Balaban J connectivity index is 0.000000141. The maximum atomic E-state index is 12.8. The predicted molar refractivity (Wildman–Crippen MR) is 447 cm³/mol. The topological polar surface area (TPSA) is 195 Å². The van der Waals surface area contributed by atoms with Crippen LogP contribution in [0, 0.1) is 27.7 Å². The summed E-state index contributed by atoms with van der Waals surface area (Å²) in [6, 6.07) is 38.1. The molecule has 106 heavy (non-hydrogen) atoms. The van der Waals surface area contributed by atoms with Crippen molar-refractivity contribution in [2.45, 2.75) is 116 Å². The van der Waals surface area contributed by atoms with Gasteiger partial charge in [-0.3, -0.25) is 4.79 Å². The fraction of sp³-hybridized carbons (Fsp3) is 0.282. The van der Waals surface area contributed by atoms with Crippen LogP contribution >= 0.6 is 171 Å². The van der Waals surface area contributed by atoms with Crippen LogP contribution in [0.3, 0.4) is 0 Å². The number of nitrogens with zero attached hydrogens (tertiary/aromatic N) is 4. The highest BCUT2D eigenvalue weighted by Crippen LogP contribution is 2.49. The van der Waals surface area contributed by atoms with E-state index in [4.69, 9.17) is 74.8 Å². The number of carbonyl (C=O) groups excluding carboxylic acids is 4. The minimum atomic E-state index is -1.36. The average Bonchev–Trinajstić information content (AvgIpc) is 1.54. The second kappa shape index (κ2) is 36.7. The quantitative estimate of drug-likeness (QED) is 0.0429. The highest BCUT2D eigenvalue weighted by molar-refractivity contribution is 9.11. The van der Waals surface area contributed by atoms with Crippen molar-refractivity contribution >= 4 is 236 Å². The maximum Gasteiger partial charge on any atom is 0.339 e. The summed E-state index contributed by atoms with van der Waals surface area (Å²) in [6.07, 6.45) is 1.22. The number of benzene rings is 8. The first-order chi connectivity index (χ1) is 50.8. The maximum absolute atomic E-state index is 12.8. The van der Waals surface area contributed by atoms with Crippen LogP contribution < -0.4 is 0 Å². The minimum Gasteiger partial charge on any atom is -0.465 e. The lowest BCUT2D eigenvalue weighted by Gasteiger charge is -2.22. The molecule has 14 rings (SSSR count). The van der Waals surface area contributed by atoms with Crippen molar-refractivity contribution in [3.8, 4) is 44.5 Å². The number of esters is 4. The monoisotopic (exact) mass is 1900 g/mol. The van der Waals surface area contributed by atoms with Crippen LogP contribution in [0.2, 0.25) is 20.1 Å². The van der Waals surface area contributed by atoms with Gasteiger partial charge in [0.1, 0.15) is 4.83 Å². The van der Waals surface area contributed by atoms with Gasteiger partial charge in [0.15, 0.2) is 34.0 Å². The number of fused-ring (bicyclic) bond motifs is 4. The van der Waals surface area contributed by atoms with E-state index >= 15 is 0 Å². The molecular formula is C78H67Br5Cl4N4O11S4. The Hall–Kier alpha value is -5.36. The first-order valence-corrected chi connectivity index (χ1v) is 42.4. The van der Waals surface area contributed by atoms with E-state index in [1.165, 1.54) is 11.3 Å². The molecule has 2 aliphatic carbocycles. The van der Waals surface area contributed by atoms with Gasteiger partial charge in [-0.1, -0.05) is 111 Å². The van der Waals surface area contributed by atoms with E-state index < -0.39 is 29.1 Å². The number of aryl methyl sites for hydroxylation is 4. The molecule has 0 aliphatic heterocycles. The molecule has 2 aliphatic rings. The third-order valence-electron chi connectivity index (χ3n) is 16.9. The standard InChI is InChI=1S/2C21H19BrClNO3S.C18H14Br2ClNO2S.C18H15BrClNO3S/c2*1-3-26-20(25)18(27-14-8-9-14)16-11(2)10-15-19(28-21(22)24-15)17(16)12-4-6-13(23)7-5-12;1-3-24-17(23)15(19)13-9(2)8-12-16(25-18(20)22-12)14(13)10-4-6-11(21)7-5-10;1-3-24-17(23)15(22)13-9(2)8-12-16(25-18(19)21-12)14(13)10-4-6-11(20)7-5-10/h2*4-7,10,14,18H,3,8-9H2,1-2H3;4-8,15H,3H2,1-2H3;4-8,15,22H,3H2,1-2H3/t;;2*15-/m..10/s1. The van der Waals surface area contributed by atoms with E-state index in [1.54, 1.807) is 60.0 Å². The zero-order chi connectivity index (χ0) is 75.9. The highest BCUT2D eigenvalue weighted by Gasteiger charge is 2.38. The lowest BCUT2D eigenvalue weighted by atomic mass is 9.91. The van der Waals surface area contributed by atoms with Gasteiger partial charge in [-0.2, -0.15) is 0 Å². The van der Waals surface area contributed by atoms with Crippen molar-refractivity contribution in [2.75, 3.05) is 26.4 Å². The molecule has 8 aromatic carbocycles. The molecular weight excluding hydrogens is 1840 g/mol. The lowest BCUT2D eigenvalue weighted by molar-refractivity contribution is -0.159. The normalized spacial score (nSPS) is 13.8. The lowest BCUT2D eigenvalue weighted by Crippen LogP contribution is -2.21. The molecule has 1 N–H and O–H groups in total. The molecule has 28 heteroatoms. The number of aliphatic hydroxyl groups excluding tert-OH is 1. The van der Waals surface area contributed by atoms with Gasteiger partial charge in [0.25, 0.3) is 0 Å². The third-order valence-corrected chi connectivity index (χ3v) is 24.9. The summed E-state index contributed by atoms with van der Waals surface area (Å²) in [5, 5.41) is 13.2. The number of rotatable bonds is 20. The Morgan fingerprint density at radius 3 is 0.934 bits per heavy atom. The van der Waals surface area contributed by atoms with E-state index in [2.05, 4.69) is 99.6 Å². The molecule has 0 radical (unpaired) electrons. The van der Waals surface area contributed by atoms with Gasteiger partial charge < -0.3 is 33.5 Å². The van der Waals surface area contributed by atoms with Gasteiger partial charge in [-0.25, -0.2) is 34.3 Å².